The Bertz CT molecular complexity index is 1250. The Hall–Kier alpha value is -3.71. The van der Waals surface area contributed by atoms with Crippen molar-refractivity contribution in [1.29, 1.82) is 0 Å². The molecule has 4 aromatic rings. The summed E-state index contributed by atoms with van der Waals surface area (Å²) >= 11 is 0. The Morgan fingerprint density at radius 2 is 1.63 bits per heavy atom. The van der Waals surface area contributed by atoms with Gasteiger partial charge in [-0.25, -0.2) is 4.68 Å². The number of anilines is 1. The van der Waals surface area contributed by atoms with Crippen LogP contribution in [-0.4, -0.2) is 58.4 Å². The highest BCUT2D eigenvalue weighted by molar-refractivity contribution is 5.55. The van der Waals surface area contributed by atoms with Crippen LogP contribution >= 0.6 is 0 Å². The highest BCUT2D eigenvalue weighted by atomic mass is 16.5. The molecule has 0 spiro atoms. The van der Waals surface area contributed by atoms with Gasteiger partial charge in [0.05, 0.1) is 19.7 Å². The monoisotopic (exact) mass is 468 g/mol. The molecule has 1 fully saturated rings. The number of tetrazole rings is 1. The van der Waals surface area contributed by atoms with Crippen molar-refractivity contribution in [1.82, 2.24) is 25.1 Å². The average molecular weight is 469 g/mol. The van der Waals surface area contributed by atoms with E-state index >= 15 is 0 Å². The lowest BCUT2D eigenvalue weighted by Crippen LogP contribution is -2.48. The van der Waals surface area contributed by atoms with E-state index in [1.165, 1.54) is 22.4 Å². The summed E-state index contributed by atoms with van der Waals surface area (Å²) in [5.74, 6) is 1.71. The number of methoxy groups -OCH3 is 1. The fourth-order valence-electron chi connectivity index (χ4n) is 4.86. The number of rotatable bonds is 7. The molecule has 1 saturated heterocycles. The molecular formula is C28H32N6O. The van der Waals surface area contributed by atoms with Gasteiger partial charge in [0.1, 0.15) is 5.75 Å². The van der Waals surface area contributed by atoms with Gasteiger partial charge in [-0.05, 0) is 64.7 Å². The molecule has 3 aromatic carbocycles. The fraction of sp³-hybridized carbons (Fsp3) is 0.321. The van der Waals surface area contributed by atoms with E-state index in [-0.39, 0.29) is 6.04 Å². The summed E-state index contributed by atoms with van der Waals surface area (Å²) in [6.07, 6.45) is 0. The van der Waals surface area contributed by atoms with E-state index in [1.807, 2.05) is 16.8 Å². The molecule has 1 atom stereocenters. The molecule has 1 unspecified atom stereocenters. The highest BCUT2D eigenvalue weighted by Gasteiger charge is 2.31. The molecule has 0 saturated carbocycles. The molecule has 1 aromatic heterocycles. The van der Waals surface area contributed by atoms with Crippen molar-refractivity contribution >= 4 is 5.69 Å². The molecule has 0 radical (unpaired) electrons. The number of aromatic nitrogens is 4. The number of ether oxygens (including phenoxy) is 1. The third-order valence-electron chi connectivity index (χ3n) is 6.80. The summed E-state index contributed by atoms with van der Waals surface area (Å²) in [5, 5.41) is 13.0. The summed E-state index contributed by atoms with van der Waals surface area (Å²) in [5.41, 5.74) is 6.30. The topological polar surface area (TPSA) is 59.3 Å². The van der Waals surface area contributed by atoms with Gasteiger partial charge in [0.15, 0.2) is 5.82 Å². The van der Waals surface area contributed by atoms with E-state index < -0.39 is 0 Å². The van der Waals surface area contributed by atoms with E-state index in [0.29, 0.717) is 6.54 Å². The Labute approximate surface area is 206 Å². The number of aryl methyl sites for hydroxylation is 2. The number of hydrogen-bond acceptors (Lipinski definition) is 6. The highest BCUT2D eigenvalue weighted by Crippen LogP contribution is 2.30. The predicted octanol–water partition coefficient (Wildman–Crippen LogP) is 4.26. The van der Waals surface area contributed by atoms with Crippen LogP contribution in [0, 0.1) is 13.8 Å². The Kier molecular flexibility index (Phi) is 6.77. The second kappa shape index (κ2) is 10.3. The minimum absolute atomic E-state index is 0.00907. The van der Waals surface area contributed by atoms with Gasteiger partial charge < -0.3 is 9.64 Å². The van der Waals surface area contributed by atoms with Crippen LogP contribution in [0.15, 0.2) is 72.8 Å². The second-order valence-electron chi connectivity index (χ2n) is 9.17. The minimum atomic E-state index is -0.00907. The lowest BCUT2D eigenvalue weighted by Gasteiger charge is -2.40. The van der Waals surface area contributed by atoms with Crippen LogP contribution in [0.5, 0.6) is 5.75 Å². The van der Waals surface area contributed by atoms with Crippen LogP contribution in [0.4, 0.5) is 5.69 Å². The maximum atomic E-state index is 5.30. The van der Waals surface area contributed by atoms with Crippen molar-refractivity contribution in [3.63, 3.8) is 0 Å². The van der Waals surface area contributed by atoms with Crippen molar-refractivity contribution in [2.24, 2.45) is 0 Å². The third kappa shape index (κ3) is 5.05. The molecule has 2 heterocycles. The zero-order chi connectivity index (χ0) is 24.2. The normalized spacial score (nSPS) is 15.2. The Balaban J connectivity index is 1.40. The molecule has 0 bridgehead atoms. The molecule has 0 N–H and O–H groups in total. The number of benzene rings is 3. The Morgan fingerprint density at radius 1 is 0.886 bits per heavy atom. The lowest BCUT2D eigenvalue weighted by atomic mass is 10.0. The van der Waals surface area contributed by atoms with Crippen molar-refractivity contribution in [2.45, 2.75) is 26.4 Å². The minimum Gasteiger partial charge on any atom is -0.497 e. The van der Waals surface area contributed by atoms with Crippen LogP contribution in [0.1, 0.15) is 34.1 Å². The molecule has 1 aliphatic rings. The molecule has 0 amide bonds. The second-order valence-corrected chi connectivity index (χ2v) is 9.17. The molecule has 35 heavy (non-hydrogen) atoms. The van der Waals surface area contributed by atoms with Crippen LogP contribution in [0.2, 0.25) is 0 Å². The molecule has 1 aliphatic heterocycles. The molecular weight excluding hydrogens is 436 g/mol. The van der Waals surface area contributed by atoms with E-state index in [1.54, 1.807) is 7.11 Å². The van der Waals surface area contributed by atoms with Crippen LogP contribution in [0.25, 0.3) is 0 Å². The fourth-order valence-corrected chi connectivity index (χ4v) is 4.86. The maximum absolute atomic E-state index is 5.30. The summed E-state index contributed by atoms with van der Waals surface area (Å²) < 4.78 is 7.23. The molecule has 5 rings (SSSR count). The van der Waals surface area contributed by atoms with Gasteiger partial charge in [0.2, 0.25) is 0 Å². The van der Waals surface area contributed by atoms with Gasteiger partial charge >= 0.3 is 0 Å². The first-order valence-electron chi connectivity index (χ1n) is 12.1. The molecule has 7 nitrogen and oxygen atoms in total. The molecule has 0 aliphatic carbocycles. The predicted molar refractivity (Wildman–Crippen MR) is 138 cm³/mol. The van der Waals surface area contributed by atoms with Crippen LogP contribution in [-0.2, 0) is 6.54 Å². The smallest absolute Gasteiger partial charge is 0.173 e. The van der Waals surface area contributed by atoms with Crippen molar-refractivity contribution in [2.75, 3.05) is 38.2 Å². The standard InChI is InChI=1S/C28H32N6O/c1-21-9-10-22(2)26(19-21)32-15-17-33(18-16-32)27(24-7-5-4-6-8-24)28-29-30-31-34(28)20-23-11-13-25(35-3)14-12-23/h4-14,19,27H,15-18,20H2,1-3H3. The largest absolute Gasteiger partial charge is 0.497 e. The molecule has 7 heteroatoms. The Morgan fingerprint density at radius 3 is 2.34 bits per heavy atom. The van der Waals surface area contributed by atoms with E-state index in [4.69, 9.17) is 4.74 Å². The zero-order valence-electron chi connectivity index (χ0n) is 20.6. The van der Waals surface area contributed by atoms with Gasteiger partial charge in [0, 0.05) is 31.9 Å². The van der Waals surface area contributed by atoms with Crippen LogP contribution < -0.4 is 9.64 Å². The van der Waals surface area contributed by atoms with Crippen molar-refractivity contribution in [3.05, 3.63) is 101 Å². The van der Waals surface area contributed by atoms with E-state index in [0.717, 1.165) is 43.3 Å². The number of nitrogens with zero attached hydrogens (tertiary/aromatic N) is 6. The van der Waals surface area contributed by atoms with Crippen LogP contribution in [0.3, 0.4) is 0 Å². The van der Waals surface area contributed by atoms with Crippen molar-refractivity contribution in [3.8, 4) is 5.75 Å². The lowest BCUT2D eigenvalue weighted by molar-refractivity contribution is 0.201. The van der Waals surface area contributed by atoms with E-state index in [2.05, 4.69) is 99.8 Å². The summed E-state index contributed by atoms with van der Waals surface area (Å²) in [7, 11) is 1.68. The summed E-state index contributed by atoms with van der Waals surface area (Å²) in [6.45, 7) is 8.76. The first kappa shape index (κ1) is 23.1. The summed E-state index contributed by atoms with van der Waals surface area (Å²) in [4.78, 5) is 5.01. The van der Waals surface area contributed by atoms with Gasteiger partial charge in [-0.1, -0.05) is 54.6 Å². The quantitative estimate of drug-likeness (QED) is 0.404. The third-order valence-corrected chi connectivity index (χ3v) is 6.80. The average Bonchev–Trinajstić information content (AvgIpc) is 3.35. The SMILES string of the molecule is COc1ccc(Cn2nnnc2C(c2ccccc2)N2CCN(c3cc(C)ccc3C)CC2)cc1. The number of hydrogen-bond donors (Lipinski definition) is 0. The van der Waals surface area contributed by atoms with Gasteiger partial charge in [-0.3, -0.25) is 4.90 Å². The molecule has 180 valence electrons. The van der Waals surface area contributed by atoms with Gasteiger partial charge in [-0.15, -0.1) is 5.10 Å². The van der Waals surface area contributed by atoms with Gasteiger partial charge in [0.25, 0.3) is 0 Å². The van der Waals surface area contributed by atoms with Crippen molar-refractivity contribution < 1.29 is 4.74 Å². The first-order chi connectivity index (χ1) is 17.1. The summed E-state index contributed by atoms with van der Waals surface area (Å²) in [6, 6.07) is 25.3. The first-order valence-corrected chi connectivity index (χ1v) is 12.1. The zero-order valence-corrected chi connectivity index (χ0v) is 20.6. The number of piperazine rings is 1. The maximum Gasteiger partial charge on any atom is 0.173 e. The van der Waals surface area contributed by atoms with Gasteiger partial charge in [-0.2, -0.15) is 0 Å². The van der Waals surface area contributed by atoms with E-state index in [9.17, 15) is 0 Å².